The Hall–Kier alpha value is -3.62. The Balaban J connectivity index is 1.66. The Morgan fingerprint density at radius 1 is 1.17 bits per heavy atom. The molecule has 1 aromatic carbocycles. The molecule has 3 N–H and O–H groups in total. The lowest BCUT2D eigenvalue weighted by Gasteiger charge is -2.19. The molecule has 0 aliphatic carbocycles. The molecule has 0 spiro atoms. The van der Waals surface area contributed by atoms with Gasteiger partial charge in [0.05, 0.1) is 29.3 Å². The molecule has 0 aliphatic rings. The van der Waals surface area contributed by atoms with Crippen LogP contribution in [-0.2, 0) is 5.60 Å². The third-order valence-electron chi connectivity index (χ3n) is 4.75. The van der Waals surface area contributed by atoms with Crippen LogP contribution in [0.5, 0.6) is 0 Å². The number of anilines is 1. The monoisotopic (exact) mass is 403 g/mol. The number of fused-ring (bicyclic) bond motifs is 1. The van der Waals surface area contributed by atoms with Gasteiger partial charge in [-0.05, 0) is 26.0 Å². The van der Waals surface area contributed by atoms with Crippen LogP contribution in [-0.4, -0.2) is 42.3 Å². The van der Waals surface area contributed by atoms with Crippen molar-refractivity contribution in [2.75, 3.05) is 11.9 Å². The third-order valence-corrected chi connectivity index (χ3v) is 4.75. The second kappa shape index (κ2) is 7.66. The van der Waals surface area contributed by atoms with Crippen molar-refractivity contribution in [2.24, 2.45) is 0 Å². The zero-order valence-electron chi connectivity index (χ0n) is 16.6. The van der Waals surface area contributed by atoms with Gasteiger partial charge in [0.25, 0.3) is 5.91 Å². The number of carbonyl (C=O) groups excluding carboxylic acids is 1. The molecule has 3 heterocycles. The van der Waals surface area contributed by atoms with Crippen LogP contribution in [0, 0.1) is 6.92 Å². The minimum Gasteiger partial charge on any atom is -0.393 e. The zero-order valence-corrected chi connectivity index (χ0v) is 16.6. The van der Waals surface area contributed by atoms with Crippen LogP contribution >= 0.6 is 0 Å². The Bertz CT molecular complexity index is 1200. The molecule has 0 saturated heterocycles. The highest BCUT2D eigenvalue weighted by Crippen LogP contribution is 2.24. The minimum absolute atomic E-state index is 0.280. The van der Waals surface area contributed by atoms with E-state index in [9.17, 15) is 15.0 Å². The number of aliphatic hydroxyl groups excluding tert-OH is 1. The van der Waals surface area contributed by atoms with Crippen molar-refractivity contribution in [2.45, 2.75) is 19.4 Å². The van der Waals surface area contributed by atoms with Crippen LogP contribution in [0.1, 0.15) is 28.7 Å². The van der Waals surface area contributed by atoms with E-state index < -0.39 is 12.2 Å². The summed E-state index contributed by atoms with van der Waals surface area (Å²) in [5, 5.41) is 26.6. The van der Waals surface area contributed by atoms with Gasteiger partial charge >= 0.3 is 0 Å². The summed E-state index contributed by atoms with van der Waals surface area (Å²) in [7, 11) is 0. The van der Waals surface area contributed by atoms with Gasteiger partial charge in [-0.1, -0.05) is 30.3 Å². The van der Waals surface area contributed by atoms with Crippen molar-refractivity contribution in [3.05, 3.63) is 77.7 Å². The summed E-state index contributed by atoms with van der Waals surface area (Å²) >= 11 is 0. The second-order valence-electron chi connectivity index (χ2n) is 7.27. The predicted octanol–water partition coefficient (Wildman–Crippen LogP) is 2.55. The zero-order chi connectivity index (χ0) is 21.3. The summed E-state index contributed by atoms with van der Waals surface area (Å²) in [5.74, 6) is 0.00229. The van der Waals surface area contributed by atoms with Gasteiger partial charge in [-0.15, -0.1) is 0 Å². The molecule has 0 aliphatic heterocycles. The molecule has 0 radical (unpaired) electrons. The third kappa shape index (κ3) is 3.78. The number of nitrogens with zero attached hydrogens (tertiary/aromatic N) is 4. The Kier molecular flexibility index (Phi) is 5.03. The van der Waals surface area contributed by atoms with Gasteiger partial charge in [0, 0.05) is 23.9 Å². The van der Waals surface area contributed by atoms with Gasteiger partial charge in [0.2, 0.25) is 0 Å². The number of hydrogen-bond donors (Lipinski definition) is 3. The van der Waals surface area contributed by atoms with Gasteiger partial charge < -0.3 is 15.5 Å². The highest BCUT2D eigenvalue weighted by molar-refractivity contribution is 6.03. The van der Waals surface area contributed by atoms with Gasteiger partial charge in [-0.3, -0.25) is 9.78 Å². The average Bonchev–Trinajstić information content (AvgIpc) is 3.14. The molecule has 4 rings (SSSR count). The maximum Gasteiger partial charge on any atom is 0.258 e. The van der Waals surface area contributed by atoms with E-state index in [0.29, 0.717) is 17.0 Å². The maximum atomic E-state index is 12.7. The fourth-order valence-corrected chi connectivity index (χ4v) is 3.08. The molecule has 0 bridgehead atoms. The van der Waals surface area contributed by atoms with E-state index in [1.807, 2.05) is 43.3 Å². The normalized spacial score (nSPS) is 13.2. The molecule has 4 aromatic rings. The van der Waals surface area contributed by atoms with E-state index in [-0.39, 0.29) is 11.6 Å². The van der Waals surface area contributed by atoms with Gasteiger partial charge in [0.15, 0.2) is 5.65 Å². The molecule has 1 amide bonds. The molecule has 30 heavy (non-hydrogen) atoms. The van der Waals surface area contributed by atoms with Gasteiger partial charge in [-0.25, -0.2) is 9.50 Å². The Morgan fingerprint density at radius 3 is 2.60 bits per heavy atom. The standard InChI is InChI=1S/C22H21N5O3/c1-14-10-20-24-19(11-17(27(20)26-14)15-6-4-3-5-7-15)25-21(29)16-8-9-18(23-12-16)22(2,30)13-28/h3-12,28,30H,13H2,1-2H3,(H,24,25,29)/t22-/m0/s1. The lowest BCUT2D eigenvalue weighted by atomic mass is 10.0. The number of aromatic nitrogens is 4. The summed E-state index contributed by atoms with van der Waals surface area (Å²) in [4.78, 5) is 21.3. The molecule has 152 valence electrons. The van der Waals surface area contributed by atoms with Crippen LogP contribution in [0.2, 0.25) is 0 Å². The molecule has 8 nitrogen and oxygen atoms in total. The minimum atomic E-state index is -1.47. The number of rotatable bonds is 5. The molecular weight excluding hydrogens is 382 g/mol. The Labute approximate surface area is 172 Å². The molecule has 0 fully saturated rings. The van der Waals surface area contributed by atoms with Crippen molar-refractivity contribution in [1.82, 2.24) is 19.6 Å². The van der Waals surface area contributed by atoms with Crippen LogP contribution < -0.4 is 5.32 Å². The maximum absolute atomic E-state index is 12.7. The van der Waals surface area contributed by atoms with Gasteiger partial charge in [0.1, 0.15) is 11.4 Å². The first kappa shape index (κ1) is 19.7. The van der Waals surface area contributed by atoms with Crippen molar-refractivity contribution in [3.8, 4) is 11.3 Å². The van der Waals surface area contributed by atoms with E-state index in [1.54, 1.807) is 16.6 Å². The summed E-state index contributed by atoms with van der Waals surface area (Å²) in [5.41, 5.74) is 2.31. The first-order chi connectivity index (χ1) is 14.4. The molecule has 8 heteroatoms. The smallest absolute Gasteiger partial charge is 0.258 e. The van der Waals surface area contributed by atoms with Crippen LogP contribution in [0.3, 0.4) is 0 Å². The quantitative estimate of drug-likeness (QED) is 0.472. The highest BCUT2D eigenvalue weighted by atomic mass is 16.3. The highest BCUT2D eigenvalue weighted by Gasteiger charge is 2.23. The van der Waals surface area contributed by atoms with E-state index >= 15 is 0 Å². The van der Waals surface area contributed by atoms with E-state index in [4.69, 9.17) is 0 Å². The van der Waals surface area contributed by atoms with Crippen LogP contribution in [0.25, 0.3) is 16.9 Å². The fourth-order valence-electron chi connectivity index (χ4n) is 3.08. The topological polar surface area (TPSA) is 113 Å². The fraction of sp³-hybridized carbons (Fsp3) is 0.182. The summed E-state index contributed by atoms with van der Waals surface area (Å²) in [6, 6.07) is 16.4. The summed E-state index contributed by atoms with van der Waals surface area (Å²) in [6.07, 6.45) is 1.36. The number of benzene rings is 1. The largest absolute Gasteiger partial charge is 0.393 e. The lowest BCUT2D eigenvalue weighted by molar-refractivity contribution is -0.00586. The Morgan fingerprint density at radius 2 is 1.93 bits per heavy atom. The molecule has 0 unspecified atom stereocenters. The molecular formula is C22H21N5O3. The predicted molar refractivity (Wildman–Crippen MR) is 112 cm³/mol. The van der Waals surface area contributed by atoms with E-state index in [2.05, 4.69) is 20.4 Å². The van der Waals surface area contributed by atoms with Crippen molar-refractivity contribution in [1.29, 1.82) is 0 Å². The van der Waals surface area contributed by atoms with Gasteiger partial charge in [-0.2, -0.15) is 5.10 Å². The second-order valence-corrected chi connectivity index (χ2v) is 7.27. The summed E-state index contributed by atoms with van der Waals surface area (Å²) in [6.45, 7) is 2.87. The first-order valence-electron chi connectivity index (χ1n) is 9.41. The number of nitrogens with one attached hydrogen (secondary N) is 1. The average molecular weight is 403 g/mol. The van der Waals surface area contributed by atoms with E-state index in [1.165, 1.54) is 19.2 Å². The molecule has 1 atom stereocenters. The number of pyridine rings is 1. The molecule has 0 saturated carbocycles. The number of aliphatic hydroxyl groups is 2. The summed E-state index contributed by atoms with van der Waals surface area (Å²) < 4.78 is 1.74. The number of hydrogen-bond acceptors (Lipinski definition) is 6. The van der Waals surface area contributed by atoms with Crippen LogP contribution in [0.4, 0.5) is 5.82 Å². The van der Waals surface area contributed by atoms with Crippen molar-refractivity contribution < 1.29 is 15.0 Å². The van der Waals surface area contributed by atoms with Crippen molar-refractivity contribution >= 4 is 17.4 Å². The number of amides is 1. The first-order valence-corrected chi connectivity index (χ1v) is 9.41. The molecule has 3 aromatic heterocycles. The van der Waals surface area contributed by atoms with Crippen LogP contribution in [0.15, 0.2) is 60.8 Å². The number of aryl methyl sites for hydroxylation is 1. The number of carbonyl (C=O) groups is 1. The van der Waals surface area contributed by atoms with Crippen molar-refractivity contribution in [3.63, 3.8) is 0 Å². The lowest BCUT2D eigenvalue weighted by Crippen LogP contribution is -2.27. The SMILES string of the molecule is Cc1cc2nc(NC(=O)c3ccc([C@@](C)(O)CO)nc3)cc(-c3ccccc3)n2n1. The van der Waals surface area contributed by atoms with E-state index in [0.717, 1.165) is 17.0 Å².